The Balaban J connectivity index is 1.95. The first kappa shape index (κ1) is 33.8. The smallest absolute Gasteiger partial charge is 0.339 e. The van der Waals surface area contributed by atoms with Crippen molar-refractivity contribution in [3.63, 3.8) is 0 Å². The highest BCUT2D eigenvalue weighted by atomic mass is 32.2. The first-order valence-electron chi connectivity index (χ1n) is 13.7. The van der Waals surface area contributed by atoms with Gasteiger partial charge in [-0.05, 0) is 44.3 Å². The molecular weight excluding hydrogens is 548 g/mol. The molecule has 1 aliphatic rings. The fourth-order valence-electron chi connectivity index (χ4n) is 3.46. The highest BCUT2D eigenvalue weighted by molar-refractivity contribution is 8.16. The van der Waals surface area contributed by atoms with E-state index in [9.17, 15) is 9.59 Å². The Morgan fingerprint density at radius 2 is 2.05 bits per heavy atom. The number of nitrogens with one attached hydrogen (secondary N) is 1. The number of amides is 1. The van der Waals surface area contributed by atoms with E-state index < -0.39 is 31.6 Å². The van der Waals surface area contributed by atoms with Crippen molar-refractivity contribution in [2.24, 2.45) is 15.9 Å². The minimum atomic E-state index is -1.74. The molecule has 224 valence electrons. The molecule has 2 atom stereocenters. The number of thioether (sulfide) groups is 1. The van der Waals surface area contributed by atoms with Gasteiger partial charge in [-0.15, -0.1) is 11.8 Å². The summed E-state index contributed by atoms with van der Waals surface area (Å²) in [7, 11) is -1.74. The molecule has 0 spiro atoms. The fourth-order valence-corrected chi connectivity index (χ4v) is 5.57. The molecule has 2 rings (SSSR count). The molecule has 12 heteroatoms. The number of carbonyl (C=O) groups excluding carboxylic acids is 1. The maximum Gasteiger partial charge on any atom is 0.339 e. The van der Waals surface area contributed by atoms with Crippen LogP contribution >= 0.6 is 11.8 Å². The molecule has 1 aromatic heterocycles. The quantitative estimate of drug-likeness (QED) is 0.0880. The Morgan fingerprint density at radius 1 is 1.35 bits per heavy atom. The Hall–Kier alpha value is -2.41. The number of oxime groups is 1. The van der Waals surface area contributed by atoms with Gasteiger partial charge in [-0.25, -0.2) is 9.79 Å². The lowest BCUT2D eigenvalue weighted by Gasteiger charge is -2.36. The molecule has 1 aliphatic heterocycles. The van der Waals surface area contributed by atoms with Gasteiger partial charge in [0.25, 0.3) is 5.91 Å². The molecule has 3 N–H and O–H groups in total. The fraction of sp³-hybridized carbons (Fsp3) is 0.643. The van der Waals surface area contributed by atoms with E-state index >= 15 is 0 Å². The molecule has 0 fully saturated rings. The van der Waals surface area contributed by atoms with E-state index in [0.717, 1.165) is 19.3 Å². The van der Waals surface area contributed by atoms with Gasteiger partial charge in [0.15, 0.2) is 14.0 Å². The Morgan fingerprint density at radius 3 is 2.70 bits per heavy atom. The predicted molar refractivity (Wildman–Crippen MR) is 165 cm³/mol. The van der Waals surface area contributed by atoms with Crippen LogP contribution in [0.2, 0.25) is 18.1 Å². The number of ether oxygens (including phenoxy) is 1. The van der Waals surface area contributed by atoms with Gasteiger partial charge in [-0.1, -0.05) is 51.9 Å². The minimum absolute atomic E-state index is 0.192. The van der Waals surface area contributed by atoms with Crippen LogP contribution in [0.1, 0.15) is 72.1 Å². The van der Waals surface area contributed by atoms with Gasteiger partial charge in [0.1, 0.15) is 35.5 Å². The molecule has 1 aromatic rings. The molecule has 0 saturated carbocycles. The molecular formula is C28H46N4O6SSi. The third-order valence-corrected chi connectivity index (χ3v) is 12.7. The molecule has 0 bridgehead atoms. The summed E-state index contributed by atoms with van der Waals surface area (Å²) < 4.78 is 17.1. The summed E-state index contributed by atoms with van der Waals surface area (Å²) in [4.78, 5) is 35.3. The van der Waals surface area contributed by atoms with Crippen molar-refractivity contribution in [3.8, 4) is 5.75 Å². The first-order valence-corrected chi connectivity index (χ1v) is 17.6. The topological polar surface area (TPSA) is 138 Å². The van der Waals surface area contributed by atoms with Crippen LogP contribution in [-0.4, -0.2) is 56.2 Å². The highest BCUT2D eigenvalue weighted by Gasteiger charge is 2.41. The van der Waals surface area contributed by atoms with E-state index in [2.05, 4.69) is 55.9 Å². The summed E-state index contributed by atoms with van der Waals surface area (Å²) >= 11 is 1.35. The van der Waals surface area contributed by atoms with Gasteiger partial charge in [0.2, 0.25) is 0 Å². The number of unbranched alkanes of at least 4 members (excludes halogenated alkanes) is 1. The number of carbonyl (C=O) groups is 1. The lowest BCUT2D eigenvalue weighted by Crippen LogP contribution is -2.54. The number of hydrogen-bond acceptors (Lipinski definition) is 10. The van der Waals surface area contributed by atoms with Crippen molar-refractivity contribution in [1.82, 2.24) is 5.32 Å². The number of nitrogens with zero attached hydrogens (tertiary/aromatic N) is 2. The van der Waals surface area contributed by atoms with Crippen LogP contribution in [0.15, 0.2) is 44.1 Å². The highest BCUT2D eigenvalue weighted by Crippen LogP contribution is 2.36. The van der Waals surface area contributed by atoms with Crippen molar-refractivity contribution in [1.29, 1.82) is 0 Å². The van der Waals surface area contributed by atoms with Crippen LogP contribution < -0.4 is 21.4 Å². The maximum atomic E-state index is 13.2. The van der Waals surface area contributed by atoms with Crippen molar-refractivity contribution >= 4 is 36.7 Å². The van der Waals surface area contributed by atoms with E-state index in [-0.39, 0.29) is 17.4 Å². The lowest BCUT2D eigenvalue weighted by molar-refractivity contribution is -0.126. The summed E-state index contributed by atoms with van der Waals surface area (Å²) in [6.07, 6.45) is 4.56. The number of nitrogens with two attached hydrogens (primary N) is 1. The third-order valence-electron chi connectivity index (χ3n) is 6.89. The molecule has 2 heterocycles. The van der Waals surface area contributed by atoms with Crippen LogP contribution in [0.25, 0.3) is 0 Å². The van der Waals surface area contributed by atoms with E-state index in [1.807, 2.05) is 6.92 Å². The zero-order valence-corrected chi connectivity index (χ0v) is 26.8. The zero-order chi connectivity index (χ0) is 30.0. The van der Waals surface area contributed by atoms with Crippen LogP contribution in [0.4, 0.5) is 0 Å². The first-order chi connectivity index (χ1) is 18.7. The zero-order valence-electron chi connectivity index (χ0n) is 25.0. The standard InChI is InChI=1S/C28H46N4O6SSi/c1-9-13-22(23-17-21(35-14-10-2)18-24(33)38-23)30-26(34)28(29)19-39-25(31-28)20(3)32-36-15-11-12-16-37-40(7,8)27(4,5)6/h10,17-18,22H,2,9,11-16,19,29H2,1,3-8H3,(H,30,34)/b32-20+/t22-,28+/m1/s1. The second-order valence-corrected chi connectivity index (χ2v) is 17.2. The lowest BCUT2D eigenvalue weighted by atomic mass is 10.1. The van der Waals surface area contributed by atoms with Crippen LogP contribution in [0.5, 0.6) is 5.75 Å². The molecule has 0 radical (unpaired) electrons. The Bertz CT molecular complexity index is 1130. The van der Waals surface area contributed by atoms with Crippen LogP contribution in [0, 0.1) is 0 Å². The minimum Gasteiger partial charge on any atom is -0.489 e. The number of rotatable bonds is 16. The summed E-state index contributed by atoms with van der Waals surface area (Å²) in [5, 5.41) is 7.82. The molecule has 0 unspecified atom stereocenters. The van der Waals surface area contributed by atoms with Gasteiger partial charge in [0.05, 0.1) is 12.1 Å². The molecule has 10 nitrogen and oxygen atoms in total. The van der Waals surface area contributed by atoms with E-state index in [0.29, 0.717) is 41.9 Å². The van der Waals surface area contributed by atoms with E-state index in [1.165, 1.54) is 17.8 Å². The second kappa shape index (κ2) is 15.0. The van der Waals surface area contributed by atoms with Gasteiger partial charge < -0.3 is 23.7 Å². The summed E-state index contributed by atoms with van der Waals surface area (Å²) in [5.74, 6) is 0.414. The Kier molecular flexibility index (Phi) is 12.7. The average Bonchev–Trinajstić information content (AvgIpc) is 3.29. The monoisotopic (exact) mass is 594 g/mol. The molecule has 40 heavy (non-hydrogen) atoms. The van der Waals surface area contributed by atoms with E-state index in [1.54, 1.807) is 19.1 Å². The van der Waals surface area contributed by atoms with Gasteiger partial charge in [0, 0.05) is 18.4 Å². The second-order valence-electron chi connectivity index (χ2n) is 11.4. The van der Waals surface area contributed by atoms with Crippen molar-refractivity contribution in [2.75, 3.05) is 25.6 Å². The molecule has 0 aliphatic carbocycles. The van der Waals surface area contributed by atoms with Gasteiger partial charge >= 0.3 is 5.63 Å². The largest absolute Gasteiger partial charge is 0.489 e. The van der Waals surface area contributed by atoms with Gasteiger partial charge in [-0.3, -0.25) is 10.5 Å². The normalized spacial score (nSPS) is 18.7. The number of hydrogen-bond donors (Lipinski definition) is 2. The third kappa shape index (κ3) is 9.90. The molecule has 0 saturated heterocycles. The van der Waals surface area contributed by atoms with Crippen molar-refractivity contribution in [3.05, 3.63) is 41.0 Å². The van der Waals surface area contributed by atoms with E-state index in [4.69, 9.17) is 24.2 Å². The Labute approximate surface area is 243 Å². The van der Waals surface area contributed by atoms with Gasteiger partial charge in [-0.2, -0.15) is 0 Å². The van der Waals surface area contributed by atoms with Crippen LogP contribution in [-0.2, 0) is 14.1 Å². The SMILES string of the molecule is C=CCOc1cc([C@@H](CCC)NC(=O)[C@]2(N)CSC(/C(C)=N/OCCCCO[Si](C)(C)C(C)(C)C)=N2)oc(=O)c1. The van der Waals surface area contributed by atoms with Crippen molar-refractivity contribution in [2.45, 2.75) is 90.1 Å². The van der Waals surface area contributed by atoms with Crippen LogP contribution in [0.3, 0.4) is 0 Å². The van der Waals surface area contributed by atoms with Crippen molar-refractivity contribution < 1.29 is 23.2 Å². The predicted octanol–water partition coefficient (Wildman–Crippen LogP) is 5.16. The summed E-state index contributed by atoms with van der Waals surface area (Å²) in [6.45, 7) is 19.9. The maximum absolute atomic E-state index is 13.2. The number of aliphatic imine (C=N–C) groups is 1. The average molecular weight is 595 g/mol. The molecule has 0 aromatic carbocycles. The summed E-state index contributed by atoms with van der Waals surface area (Å²) in [6, 6.07) is 2.28. The molecule has 1 amide bonds. The summed E-state index contributed by atoms with van der Waals surface area (Å²) in [5.41, 5.74) is 4.91.